The molecule has 3 aromatic heterocycles. The minimum absolute atomic E-state index is 0.166. The van der Waals surface area contributed by atoms with Gasteiger partial charge < -0.3 is 4.57 Å². The summed E-state index contributed by atoms with van der Waals surface area (Å²) in [5.74, 6) is 0.837. The third kappa shape index (κ3) is 2.39. The van der Waals surface area contributed by atoms with Crippen LogP contribution in [0, 0.1) is 6.92 Å². The summed E-state index contributed by atoms with van der Waals surface area (Å²) >= 11 is 6.26. The van der Waals surface area contributed by atoms with E-state index in [0.717, 1.165) is 28.1 Å². The van der Waals surface area contributed by atoms with Crippen LogP contribution in [0.5, 0.6) is 0 Å². The summed E-state index contributed by atoms with van der Waals surface area (Å²) in [6.07, 6.45) is 5.47. The van der Waals surface area contributed by atoms with Gasteiger partial charge in [-0.05, 0) is 37.1 Å². The number of hydrogen-bond donors (Lipinski definition) is 0. The van der Waals surface area contributed by atoms with Gasteiger partial charge in [-0.25, -0.2) is 9.97 Å². The maximum absolute atomic E-state index is 6.26. The first kappa shape index (κ1) is 13.1. The zero-order valence-corrected chi connectivity index (χ0v) is 12.2. The molecule has 0 aliphatic carbocycles. The van der Waals surface area contributed by atoms with Gasteiger partial charge in [-0.2, -0.15) is 0 Å². The molecule has 0 aliphatic rings. The average Bonchev–Trinajstić information content (AvgIpc) is 2.78. The van der Waals surface area contributed by atoms with E-state index < -0.39 is 0 Å². The molecule has 102 valence electrons. The van der Waals surface area contributed by atoms with Crippen molar-refractivity contribution in [3.05, 3.63) is 53.7 Å². The van der Waals surface area contributed by atoms with E-state index in [1.807, 2.05) is 44.4 Å². The van der Waals surface area contributed by atoms with E-state index in [9.17, 15) is 0 Å². The van der Waals surface area contributed by atoms with Crippen molar-refractivity contribution >= 4 is 22.8 Å². The first-order chi connectivity index (χ1) is 9.65. The molecule has 0 radical (unpaired) electrons. The molecule has 0 N–H and O–H groups in total. The number of halogens is 1. The normalized spacial score (nSPS) is 12.8. The van der Waals surface area contributed by atoms with Crippen LogP contribution in [0.3, 0.4) is 0 Å². The lowest BCUT2D eigenvalue weighted by molar-refractivity contribution is 0.734. The number of hydrogen-bond acceptors (Lipinski definition) is 3. The van der Waals surface area contributed by atoms with Crippen LogP contribution in [0.4, 0.5) is 0 Å². The van der Waals surface area contributed by atoms with Gasteiger partial charge in [0.1, 0.15) is 11.3 Å². The van der Waals surface area contributed by atoms with Gasteiger partial charge in [-0.1, -0.05) is 6.07 Å². The summed E-state index contributed by atoms with van der Waals surface area (Å²) in [5.41, 5.74) is 3.95. The van der Waals surface area contributed by atoms with Crippen LogP contribution in [0.15, 0.2) is 36.8 Å². The van der Waals surface area contributed by atoms with Crippen LogP contribution in [0.2, 0.25) is 0 Å². The number of aryl methyl sites for hydroxylation is 1. The highest BCUT2D eigenvalue weighted by Gasteiger charge is 2.16. The van der Waals surface area contributed by atoms with Crippen molar-refractivity contribution in [1.82, 2.24) is 19.5 Å². The molecule has 0 fully saturated rings. The number of fused-ring (bicyclic) bond motifs is 1. The lowest BCUT2D eigenvalue weighted by Gasteiger charge is -2.09. The first-order valence-corrected chi connectivity index (χ1v) is 6.94. The molecule has 0 spiro atoms. The zero-order chi connectivity index (χ0) is 14.1. The van der Waals surface area contributed by atoms with Crippen LogP contribution in [-0.2, 0) is 6.54 Å². The Bertz CT molecular complexity index is 734. The highest BCUT2D eigenvalue weighted by atomic mass is 35.5. The van der Waals surface area contributed by atoms with Gasteiger partial charge in [0.05, 0.1) is 11.9 Å². The molecule has 20 heavy (non-hydrogen) atoms. The molecule has 5 heteroatoms. The maximum atomic E-state index is 6.26. The van der Waals surface area contributed by atoms with E-state index in [1.165, 1.54) is 0 Å². The molecule has 3 heterocycles. The minimum atomic E-state index is -0.166. The van der Waals surface area contributed by atoms with Crippen molar-refractivity contribution in [2.24, 2.45) is 0 Å². The molecule has 1 unspecified atom stereocenters. The monoisotopic (exact) mass is 286 g/mol. The third-order valence-electron chi connectivity index (χ3n) is 3.17. The van der Waals surface area contributed by atoms with Gasteiger partial charge in [0.15, 0.2) is 5.65 Å². The smallest absolute Gasteiger partial charge is 0.160 e. The molecule has 0 saturated heterocycles. The molecule has 0 saturated carbocycles. The number of imidazole rings is 1. The van der Waals surface area contributed by atoms with E-state index in [0.29, 0.717) is 6.54 Å². The molecular formula is C15H15ClN4. The fourth-order valence-electron chi connectivity index (χ4n) is 2.26. The van der Waals surface area contributed by atoms with Crippen molar-refractivity contribution in [3.63, 3.8) is 0 Å². The van der Waals surface area contributed by atoms with Crippen molar-refractivity contribution in [2.75, 3.05) is 0 Å². The number of pyridine rings is 2. The number of rotatable bonds is 3. The summed E-state index contributed by atoms with van der Waals surface area (Å²) in [4.78, 5) is 13.3. The van der Waals surface area contributed by atoms with Gasteiger partial charge in [0, 0.05) is 18.6 Å². The Balaban J connectivity index is 2.14. The maximum Gasteiger partial charge on any atom is 0.160 e. The molecule has 0 aromatic carbocycles. The van der Waals surface area contributed by atoms with Crippen LogP contribution >= 0.6 is 11.6 Å². The second kappa shape index (κ2) is 5.21. The Hall–Kier alpha value is -1.94. The number of nitrogens with zero attached hydrogens (tertiary/aromatic N) is 4. The molecule has 4 nitrogen and oxygen atoms in total. The summed E-state index contributed by atoms with van der Waals surface area (Å²) in [6, 6.07) is 6.00. The summed E-state index contributed by atoms with van der Waals surface area (Å²) in [7, 11) is 0. The van der Waals surface area contributed by atoms with Crippen molar-refractivity contribution < 1.29 is 0 Å². The van der Waals surface area contributed by atoms with E-state index in [1.54, 1.807) is 6.20 Å². The Morgan fingerprint density at radius 1 is 1.35 bits per heavy atom. The topological polar surface area (TPSA) is 43.6 Å². The summed E-state index contributed by atoms with van der Waals surface area (Å²) < 4.78 is 2.06. The fourth-order valence-corrected chi connectivity index (χ4v) is 2.43. The molecule has 1 atom stereocenters. The molecule has 3 rings (SSSR count). The summed E-state index contributed by atoms with van der Waals surface area (Å²) in [5, 5.41) is -0.166. The molecular weight excluding hydrogens is 272 g/mol. The van der Waals surface area contributed by atoms with Crippen LogP contribution < -0.4 is 0 Å². The Labute approximate surface area is 122 Å². The standard InChI is InChI=1S/C15H15ClN4/c1-10-6-13-15(18-7-10)20(14(19-13)11(2)16)9-12-4-3-5-17-8-12/h3-8,11H,9H2,1-2H3. The van der Waals surface area contributed by atoms with Crippen molar-refractivity contribution in [1.29, 1.82) is 0 Å². The van der Waals surface area contributed by atoms with Crippen molar-refractivity contribution in [3.8, 4) is 0 Å². The lowest BCUT2D eigenvalue weighted by Crippen LogP contribution is -2.06. The lowest BCUT2D eigenvalue weighted by atomic mass is 10.2. The highest BCUT2D eigenvalue weighted by Crippen LogP contribution is 2.24. The molecule has 0 amide bonds. The fraction of sp³-hybridized carbons (Fsp3) is 0.267. The molecule has 0 bridgehead atoms. The second-order valence-corrected chi connectivity index (χ2v) is 5.54. The highest BCUT2D eigenvalue weighted by molar-refractivity contribution is 6.20. The van der Waals surface area contributed by atoms with Gasteiger partial charge in [-0.15, -0.1) is 11.6 Å². The summed E-state index contributed by atoms with van der Waals surface area (Å²) in [6.45, 7) is 4.61. The Morgan fingerprint density at radius 2 is 2.20 bits per heavy atom. The van der Waals surface area contributed by atoms with Crippen LogP contribution in [0.25, 0.3) is 11.2 Å². The Kier molecular flexibility index (Phi) is 3.40. The van der Waals surface area contributed by atoms with Crippen molar-refractivity contribution in [2.45, 2.75) is 25.8 Å². The van der Waals surface area contributed by atoms with E-state index >= 15 is 0 Å². The van der Waals surface area contributed by atoms with Crippen LogP contribution in [0.1, 0.15) is 29.3 Å². The van der Waals surface area contributed by atoms with E-state index in [4.69, 9.17) is 11.6 Å². The van der Waals surface area contributed by atoms with Gasteiger partial charge in [-0.3, -0.25) is 4.98 Å². The SMILES string of the molecule is Cc1cnc2c(c1)nc(C(C)Cl)n2Cc1cccnc1. The Morgan fingerprint density at radius 3 is 2.90 bits per heavy atom. The van der Waals surface area contributed by atoms with Gasteiger partial charge in [0.25, 0.3) is 0 Å². The predicted molar refractivity (Wildman–Crippen MR) is 79.9 cm³/mol. The van der Waals surface area contributed by atoms with Crippen LogP contribution in [-0.4, -0.2) is 19.5 Å². The van der Waals surface area contributed by atoms with Gasteiger partial charge >= 0.3 is 0 Å². The van der Waals surface area contributed by atoms with E-state index in [2.05, 4.69) is 19.5 Å². The predicted octanol–water partition coefficient (Wildman–Crippen LogP) is 3.48. The second-order valence-electron chi connectivity index (χ2n) is 4.89. The van der Waals surface area contributed by atoms with Gasteiger partial charge in [0.2, 0.25) is 0 Å². The average molecular weight is 287 g/mol. The van der Waals surface area contributed by atoms with E-state index in [-0.39, 0.29) is 5.38 Å². The molecule has 3 aromatic rings. The number of alkyl halides is 1. The first-order valence-electron chi connectivity index (χ1n) is 6.51. The number of aromatic nitrogens is 4. The zero-order valence-electron chi connectivity index (χ0n) is 11.4. The quantitative estimate of drug-likeness (QED) is 0.692. The molecule has 0 aliphatic heterocycles. The largest absolute Gasteiger partial charge is 0.307 e. The third-order valence-corrected chi connectivity index (χ3v) is 3.37. The minimum Gasteiger partial charge on any atom is -0.307 e.